The maximum Gasteiger partial charge on any atom is 0.323 e. The summed E-state index contributed by atoms with van der Waals surface area (Å²) in [7, 11) is 3.53. The molecular weight excluding hydrogens is 548 g/mol. The average Bonchev–Trinajstić information content (AvgIpc) is 3.44. The first-order valence-electron chi connectivity index (χ1n) is 13.7. The number of phenols is 2. The third-order valence-electron chi connectivity index (χ3n) is 9.47. The van der Waals surface area contributed by atoms with Gasteiger partial charge in [0.1, 0.15) is 24.4 Å². The zero-order chi connectivity index (χ0) is 28.9. The Balaban J connectivity index is 1.54. The van der Waals surface area contributed by atoms with Crippen LogP contribution in [0.4, 0.5) is 0 Å². The minimum Gasteiger partial charge on any atom is -0.507 e. The van der Waals surface area contributed by atoms with Crippen LogP contribution in [0.1, 0.15) is 50.7 Å². The van der Waals surface area contributed by atoms with E-state index in [4.69, 9.17) is 24.7 Å². The fourth-order valence-electron chi connectivity index (χ4n) is 7.72. The molecule has 7 rings (SSSR count). The van der Waals surface area contributed by atoms with Crippen LogP contribution in [0.3, 0.4) is 0 Å². The van der Waals surface area contributed by atoms with Crippen molar-refractivity contribution in [1.82, 2.24) is 9.80 Å². The molecular formula is C29H32N4O7S. The number of carbonyl (C=O) groups excluding carboxylic acids is 1. The van der Waals surface area contributed by atoms with Gasteiger partial charge in [0.05, 0.1) is 30.5 Å². The number of hydrogen-bond donors (Lipinski definition) is 3. The fourth-order valence-corrected chi connectivity index (χ4v) is 9.16. The number of phenolic OH excluding ortho intramolecular Hbond substituents is 2. The van der Waals surface area contributed by atoms with Crippen LogP contribution in [-0.2, 0) is 16.0 Å². The molecule has 5 aliphatic rings. The molecule has 11 nitrogen and oxygen atoms in total. The maximum atomic E-state index is 12.8. The molecule has 0 spiro atoms. The van der Waals surface area contributed by atoms with Crippen LogP contribution < -0.4 is 19.9 Å². The van der Waals surface area contributed by atoms with E-state index in [9.17, 15) is 20.3 Å². The van der Waals surface area contributed by atoms with Crippen LogP contribution in [0.2, 0.25) is 0 Å². The first kappa shape index (κ1) is 26.5. The van der Waals surface area contributed by atoms with Crippen LogP contribution >= 0.6 is 11.8 Å². The predicted molar refractivity (Wildman–Crippen MR) is 148 cm³/mol. The number of piperazine rings is 1. The molecule has 216 valence electrons. The second kappa shape index (κ2) is 9.32. The Morgan fingerprint density at radius 3 is 2.63 bits per heavy atom. The van der Waals surface area contributed by atoms with Gasteiger partial charge in [-0.05, 0) is 38.4 Å². The molecule has 4 N–H and O–H groups in total. The molecule has 0 radical (unpaired) electrons. The normalized spacial score (nSPS) is 31.9. The Hall–Kier alpha value is -3.37. The first-order valence-corrected chi connectivity index (χ1v) is 14.7. The SMILES string of the molecule is COc1c(C)cc2c(c1O)C1[C@@H]3[C@@H]4SCC(N)C(=O)OC[C@@H](c5c6c(c(C)c(O)c54)OCO6)N3[C@@H](C#N)C(C2)N1C. The van der Waals surface area contributed by atoms with Crippen molar-refractivity contribution in [3.8, 4) is 34.8 Å². The van der Waals surface area contributed by atoms with Gasteiger partial charge in [-0.3, -0.25) is 14.6 Å². The molecule has 7 atom stereocenters. The monoisotopic (exact) mass is 580 g/mol. The van der Waals surface area contributed by atoms with Crippen LogP contribution in [0.15, 0.2) is 6.07 Å². The number of rotatable bonds is 1. The quantitative estimate of drug-likeness (QED) is 0.425. The Morgan fingerprint density at radius 1 is 1.15 bits per heavy atom. The number of likely N-dealkylation sites (N-methyl/N-ethyl adjacent to an activating group) is 1. The number of carbonyl (C=O) groups is 1. The van der Waals surface area contributed by atoms with E-state index < -0.39 is 35.4 Å². The van der Waals surface area contributed by atoms with Gasteiger partial charge in [0.25, 0.3) is 0 Å². The Kier molecular flexibility index (Phi) is 6.03. The van der Waals surface area contributed by atoms with E-state index >= 15 is 0 Å². The number of esters is 1. The zero-order valence-corrected chi connectivity index (χ0v) is 24.0. The number of hydrogen-bond acceptors (Lipinski definition) is 12. The second-order valence-corrected chi connectivity index (χ2v) is 12.6. The smallest absolute Gasteiger partial charge is 0.323 e. The highest BCUT2D eigenvalue weighted by Crippen LogP contribution is 2.63. The van der Waals surface area contributed by atoms with Gasteiger partial charge in [0, 0.05) is 40.1 Å². The number of nitrogens with two attached hydrogens (primary N) is 1. The molecule has 0 saturated carbocycles. The second-order valence-electron chi connectivity index (χ2n) is 11.4. The molecule has 2 saturated heterocycles. The highest BCUT2D eigenvalue weighted by molar-refractivity contribution is 7.99. The predicted octanol–water partition coefficient (Wildman–Crippen LogP) is 2.34. The van der Waals surface area contributed by atoms with Crippen LogP contribution in [0, 0.1) is 25.2 Å². The number of nitrogens with zero attached hydrogens (tertiary/aromatic N) is 3. The lowest BCUT2D eigenvalue weighted by molar-refractivity contribution is -0.150. The van der Waals surface area contributed by atoms with Crippen molar-refractivity contribution in [3.05, 3.63) is 39.4 Å². The Bertz CT molecular complexity index is 1530. The Labute approximate surface area is 241 Å². The highest BCUT2D eigenvalue weighted by Gasteiger charge is 2.60. The number of nitriles is 1. The van der Waals surface area contributed by atoms with Crippen molar-refractivity contribution < 1.29 is 34.0 Å². The van der Waals surface area contributed by atoms with E-state index in [2.05, 4.69) is 15.9 Å². The lowest BCUT2D eigenvalue weighted by Crippen LogP contribution is -2.69. The molecule has 2 aromatic carbocycles. The van der Waals surface area contributed by atoms with Crippen molar-refractivity contribution in [2.45, 2.75) is 61.8 Å². The van der Waals surface area contributed by atoms with Crippen LogP contribution in [0.5, 0.6) is 28.7 Å². The molecule has 12 heteroatoms. The van der Waals surface area contributed by atoms with Gasteiger partial charge in [-0.1, -0.05) is 6.07 Å². The summed E-state index contributed by atoms with van der Waals surface area (Å²) >= 11 is 1.45. The maximum absolute atomic E-state index is 12.8. The molecule has 0 aromatic heterocycles. The summed E-state index contributed by atoms with van der Waals surface area (Å²) in [4.78, 5) is 17.1. The number of fused-ring (bicyclic) bond motifs is 9. The lowest BCUT2D eigenvalue weighted by Gasteiger charge is -2.61. The molecule has 41 heavy (non-hydrogen) atoms. The van der Waals surface area contributed by atoms with Gasteiger partial charge in [0.15, 0.2) is 23.0 Å². The van der Waals surface area contributed by atoms with E-state index in [-0.39, 0.29) is 42.7 Å². The number of benzene rings is 2. The summed E-state index contributed by atoms with van der Waals surface area (Å²) in [6.45, 7) is 3.61. The average molecular weight is 581 g/mol. The number of cyclic esters (lactones) is 1. The summed E-state index contributed by atoms with van der Waals surface area (Å²) in [5, 5.41) is 33.7. The van der Waals surface area contributed by atoms with Gasteiger partial charge in [-0.15, -0.1) is 11.8 Å². The zero-order valence-electron chi connectivity index (χ0n) is 23.2. The van der Waals surface area contributed by atoms with Gasteiger partial charge in [-0.25, -0.2) is 0 Å². The minimum absolute atomic E-state index is 0.000740. The lowest BCUT2D eigenvalue weighted by atomic mass is 9.71. The number of thioether (sulfide) groups is 1. The minimum atomic E-state index is -0.857. The number of aromatic hydroxyl groups is 2. The van der Waals surface area contributed by atoms with Gasteiger partial charge < -0.3 is 34.9 Å². The molecule has 0 aliphatic carbocycles. The van der Waals surface area contributed by atoms with Crippen LogP contribution in [0.25, 0.3) is 0 Å². The molecule has 2 fully saturated rings. The summed E-state index contributed by atoms with van der Waals surface area (Å²) in [6.07, 6.45) is 0.543. The van der Waals surface area contributed by atoms with E-state index in [0.717, 1.165) is 16.7 Å². The summed E-state index contributed by atoms with van der Waals surface area (Å²) < 4.78 is 23.2. The molecule has 2 aromatic rings. The van der Waals surface area contributed by atoms with E-state index in [1.165, 1.54) is 11.8 Å². The van der Waals surface area contributed by atoms with E-state index in [0.29, 0.717) is 40.4 Å². The number of methoxy groups -OCH3 is 1. The Morgan fingerprint density at radius 2 is 1.90 bits per heavy atom. The van der Waals surface area contributed by atoms with Crippen molar-refractivity contribution in [1.29, 1.82) is 5.26 Å². The summed E-state index contributed by atoms with van der Waals surface area (Å²) in [5.41, 5.74) is 10.7. The highest BCUT2D eigenvalue weighted by atomic mass is 32.2. The summed E-state index contributed by atoms with van der Waals surface area (Å²) in [5.74, 6) is 1.27. The molecule has 5 heterocycles. The topological polar surface area (TPSA) is 151 Å². The van der Waals surface area contributed by atoms with E-state index in [1.54, 1.807) is 14.0 Å². The first-order chi connectivity index (χ1) is 19.7. The van der Waals surface area contributed by atoms with Crippen LogP contribution in [-0.4, -0.2) is 83.5 Å². The van der Waals surface area contributed by atoms with Crippen molar-refractivity contribution >= 4 is 17.7 Å². The molecule has 5 aliphatic heterocycles. The fraction of sp³-hybridized carbons (Fsp3) is 0.517. The van der Waals surface area contributed by atoms with Gasteiger partial charge >= 0.3 is 5.97 Å². The van der Waals surface area contributed by atoms with Gasteiger partial charge in [-0.2, -0.15) is 5.26 Å². The van der Waals surface area contributed by atoms with Crippen molar-refractivity contribution in [2.24, 2.45) is 5.73 Å². The van der Waals surface area contributed by atoms with Gasteiger partial charge in [0.2, 0.25) is 6.79 Å². The van der Waals surface area contributed by atoms with E-state index in [1.807, 2.05) is 20.0 Å². The molecule has 3 unspecified atom stereocenters. The number of ether oxygens (including phenoxy) is 4. The van der Waals surface area contributed by atoms with Crippen molar-refractivity contribution in [3.63, 3.8) is 0 Å². The third kappa shape index (κ3) is 3.46. The number of aryl methyl sites for hydroxylation is 1. The summed E-state index contributed by atoms with van der Waals surface area (Å²) in [6, 6.07) is 1.56. The molecule has 4 bridgehead atoms. The largest absolute Gasteiger partial charge is 0.507 e. The standard InChI is InChI=1S/C29H32N4O7S/c1-11-5-13-6-15-16(7-30)33-17-8-38-29(36)14(31)9-41-28(20-19(17)27-26(39-10-40-27)12(2)23(20)34)22(33)21(32(15)3)18(13)24(35)25(11)37-4/h5,14-17,21-22,28,34-35H,6,8-10,31H2,1-4H3/t14?,15?,16-,17-,21?,22+,28+/m0/s1. The van der Waals surface area contributed by atoms with Crippen molar-refractivity contribution in [2.75, 3.05) is 33.3 Å². The molecule has 0 amide bonds. The third-order valence-corrected chi connectivity index (χ3v) is 10.9.